The van der Waals surface area contributed by atoms with Gasteiger partial charge in [-0.25, -0.2) is 4.99 Å². The Hall–Kier alpha value is -1.85. The number of nitrogens with zero attached hydrogens (tertiary/aromatic N) is 1. The lowest BCUT2D eigenvalue weighted by molar-refractivity contribution is 0.414. The largest absolute Gasteiger partial charge is 0.497 e. The minimum atomic E-state index is 0.388. The van der Waals surface area contributed by atoms with Gasteiger partial charge in [-0.1, -0.05) is 53.8 Å². The number of methoxy groups -OCH3 is 1. The third-order valence-electron chi connectivity index (χ3n) is 2.80. The Kier molecular flexibility index (Phi) is 5.36. The minimum absolute atomic E-state index is 0.388. The SMILES string of the molecule is COc1cccc(C(N)=NC(=S)Sc2ccc(C)cc2)c1. The van der Waals surface area contributed by atoms with Gasteiger partial charge >= 0.3 is 0 Å². The minimum Gasteiger partial charge on any atom is -0.497 e. The van der Waals surface area contributed by atoms with E-state index in [-0.39, 0.29) is 0 Å². The number of amidine groups is 1. The van der Waals surface area contributed by atoms with Crippen molar-refractivity contribution in [3.8, 4) is 5.75 Å². The first-order valence-corrected chi connectivity index (χ1v) is 7.58. The number of aryl methyl sites for hydroxylation is 1. The van der Waals surface area contributed by atoms with Crippen LogP contribution in [0.1, 0.15) is 11.1 Å². The van der Waals surface area contributed by atoms with Crippen LogP contribution in [0.25, 0.3) is 0 Å². The molecule has 0 atom stereocenters. The summed E-state index contributed by atoms with van der Waals surface area (Å²) in [5.41, 5.74) is 8.00. The van der Waals surface area contributed by atoms with E-state index in [1.807, 2.05) is 55.5 Å². The molecule has 0 heterocycles. The molecule has 21 heavy (non-hydrogen) atoms. The Bertz CT molecular complexity index is 666. The van der Waals surface area contributed by atoms with Crippen molar-refractivity contribution in [3.05, 3.63) is 59.7 Å². The maximum atomic E-state index is 5.99. The van der Waals surface area contributed by atoms with Gasteiger partial charge in [-0.05, 0) is 31.2 Å². The summed E-state index contributed by atoms with van der Waals surface area (Å²) in [7, 11) is 1.62. The molecule has 0 aliphatic heterocycles. The smallest absolute Gasteiger partial charge is 0.166 e. The van der Waals surface area contributed by atoms with E-state index in [1.165, 1.54) is 17.3 Å². The van der Waals surface area contributed by atoms with Crippen LogP contribution in [0.3, 0.4) is 0 Å². The highest BCUT2D eigenvalue weighted by Crippen LogP contribution is 2.21. The maximum absolute atomic E-state index is 5.99. The van der Waals surface area contributed by atoms with Gasteiger partial charge in [0.15, 0.2) is 4.32 Å². The van der Waals surface area contributed by atoms with Crippen LogP contribution in [-0.4, -0.2) is 17.3 Å². The van der Waals surface area contributed by atoms with Crippen molar-refractivity contribution in [1.82, 2.24) is 0 Å². The second kappa shape index (κ2) is 7.24. The summed E-state index contributed by atoms with van der Waals surface area (Å²) >= 11 is 6.69. The van der Waals surface area contributed by atoms with Crippen molar-refractivity contribution in [2.75, 3.05) is 7.11 Å². The summed E-state index contributed by atoms with van der Waals surface area (Å²) in [6, 6.07) is 15.6. The Morgan fingerprint density at radius 2 is 1.90 bits per heavy atom. The van der Waals surface area contributed by atoms with Gasteiger partial charge in [-0.2, -0.15) is 0 Å². The molecule has 2 N–H and O–H groups in total. The Balaban J connectivity index is 2.10. The molecule has 5 heteroatoms. The Morgan fingerprint density at radius 1 is 1.19 bits per heavy atom. The molecular formula is C16H16N2OS2. The van der Waals surface area contributed by atoms with Crippen LogP contribution in [-0.2, 0) is 0 Å². The molecule has 0 saturated heterocycles. The quantitative estimate of drug-likeness (QED) is 0.405. The molecule has 0 radical (unpaired) electrons. The van der Waals surface area contributed by atoms with Gasteiger partial charge in [-0.3, -0.25) is 0 Å². The summed E-state index contributed by atoms with van der Waals surface area (Å²) < 4.78 is 5.65. The van der Waals surface area contributed by atoms with E-state index >= 15 is 0 Å². The zero-order valence-corrected chi connectivity index (χ0v) is 13.5. The van der Waals surface area contributed by atoms with Crippen LogP contribution >= 0.6 is 24.0 Å². The molecule has 0 spiro atoms. The average molecular weight is 316 g/mol. The van der Waals surface area contributed by atoms with Crippen LogP contribution < -0.4 is 10.5 Å². The maximum Gasteiger partial charge on any atom is 0.166 e. The summed E-state index contributed by atoms with van der Waals surface area (Å²) in [6.45, 7) is 2.05. The molecule has 3 nitrogen and oxygen atoms in total. The van der Waals surface area contributed by atoms with Crippen molar-refractivity contribution in [2.45, 2.75) is 11.8 Å². The average Bonchev–Trinajstić information content (AvgIpc) is 2.49. The summed E-state index contributed by atoms with van der Waals surface area (Å²) in [6.07, 6.45) is 0. The molecule has 0 aliphatic rings. The second-order valence-electron chi connectivity index (χ2n) is 4.41. The van der Waals surface area contributed by atoms with Crippen LogP contribution in [0, 0.1) is 6.92 Å². The van der Waals surface area contributed by atoms with Crippen LogP contribution in [0.5, 0.6) is 5.75 Å². The number of thioether (sulfide) groups is 1. The molecule has 0 aromatic heterocycles. The molecule has 0 amide bonds. The number of nitrogens with two attached hydrogens (primary N) is 1. The third-order valence-corrected chi connectivity index (χ3v) is 3.92. The molecular weight excluding hydrogens is 300 g/mol. The molecule has 0 unspecified atom stereocenters. The Morgan fingerprint density at radius 3 is 2.57 bits per heavy atom. The van der Waals surface area contributed by atoms with Crippen molar-refractivity contribution < 1.29 is 4.74 Å². The van der Waals surface area contributed by atoms with E-state index in [1.54, 1.807) is 7.11 Å². The lowest BCUT2D eigenvalue weighted by Crippen LogP contribution is -2.14. The van der Waals surface area contributed by atoms with E-state index in [4.69, 9.17) is 22.7 Å². The number of benzene rings is 2. The molecule has 0 saturated carbocycles. The fraction of sp³-hybridized carbons (Fsp3) is 0.125. The van der Waals surface area contributed by atoms with Gasteiger partial charge in [0.2, 0.25) is 0 Å². The van der Waals surface area contributed by atoms with E-state index < -0.39 is 0 Å². The fourth-order valence-corrected chi connectivity index (χ4v) is 2.68. The molecule has 0 fully saturated rings. The van der Waals surface area contributed by atoms with E-state index in [2.05, 4.69) is 4.99 Å². The molecule has 2 rings (SSSR count). The number of ether oxygens (including phenoxy) is 1. The first kappa shape index (κ1) is 15.5. The molecule has 0 bridgehead atoms. The van der Waals surface area contributed by atoms with Crippen molar-refractivity contribution in [2.24, 2.45) is 10.7 Å². The van der Waals surface area contributed by atoms with Crippen LogP contribution in [0.2, 0.25) is 0 Å². The normalized spacial score (nSPS) is 11.2. The van der Waals surface area contributed by atoms with Gasteiger partial charge in [0.25, 0.3) is 0 Å². The highest BCUT2D eigenvalue weighted by molar-refractivity contribution is 8.23. The molecule has 2 aromatic rings. The standard InChI is InChI=1S/C16H16N2OS2/c1-11-6-8-14(9-7-11)21-16(20)18-15(17)12-4-3-5-13(10-12)19-2/h3-10H,1-2H3,(H2,17,18,20). The second-order valence-corrected chi connectivity index (χ2v) is 6.12. The predicted octanol–water partition coefficient (Wildman–Crippen LogP) is 3.79. The molecule has 2 aromatic carbocycles. The number of aliphatic imine (C=N–C) groups is 1. The van der Waals surface area contributed by atoms with Gasteiger partial charge in [-0.15, -0.1) is 0 Å². The summed E-state index contributed by atoms with van der Waals surface area (Å²) in [4.78, 5) is 5.32. The first-order valence-electron chi connectivity index (χ1n) is 6.35. The first-order chi connectivity index (χ1) is 10.1. The topological polar surface area (TPSA) is 47.6 Å². The zero-order chi connectivity index (χ0) is 15.2. The van der Waals surface area contributed by atoms with Gasteiger partial charge in [0.05, 0.1) is 7.11 Å². The van der Waals surface area contributed by atoms with Crippen LogP contribution in [0.15, 0.2) is 58.4 Å². The highest BCUT2D eigenvalue weighted by Gasteiger charge is 2.04. The lowest BCUT2D eigenvalue weighted by atomic mass is 10.2. The molecule has 0 aliphatic carbocycles. The van der Waals surface area contributed by atoms with E-state index in [0.717, 1.165) is 16.2 Å². The predicted molar refractivity (Wildman–Crippen MR) is 93.4 cm³/mol. The van der Waals surface area contributed by atoms with Gasteiger partial charge < -0.3 is 10.5 Å². The van der Waals surface area contributed by atoms with E-state index in [9.17, 15) is 0 Å². The third kappa shape index (κ3) is 4.58. The monoisotopic (exact) mass is 316 g/mol. The number of hydrogen-bond acceptors (Lipinski definition) is 3. The highest BCUT2D eigenvalue weighted by atomic mass is 32.2. The van der Waals surface area contributed by atoms with Crippen molar-refractivity contribution in [3.63, 3.8) is 0 Å². The Labute approximate surface area is 134 Å². The van der Waals surface area contributed by atoms with Crippen molar-refractivity contribution >= 4 is 34.1 Å². The number of rotatable bonds is 3. The van der Waals surface area contributed by atoms with Crippen molar-refractivity contribution in [1.29, 1.82) is 0 Å². The number of hydrogen-bond donors (Lipinski definition) is 1. The van der Waals surface area contributed by atoms with E-state index in [0.29, 0.717) is 10.2 Å². The lowest BCUT2D eigenvalue weighted by Gasteiger charge is -2.05. The zero-order valence-electron chi connectivity index (χ0n) is 11.9. The summed E-state index contributed by atoms with van der Waals surface area (Å²) in [5, 5.41) is 0. The summed E-state index contributed by atoms with van der Waals surface area (Å²) in [5.74, 6) is 1.13. The number of thiocarbonyl (C=S) groups is 1. The van der Waals surface area contributed by atoms with Gasteiger partial charge in [0.1, 0.15) is 11.6 Å². The van der Waals surface area contributed by atoms with Gasteiger partial charge in [0, 0.05) is 10.5 Å². The molecule has 108 valence electrons. The fourth-order valence-electron chi connectivity index (χ4n) is 1.68. The van der Waals surface area contributed by atoms with Crippen LogP contribution in [0.4, 0.5) is 0 Å².